The molecular formula is C18H23NaO3S. The molecule has 0 radical (unpaired) electrons. The molecule has 0 atom stereocenters. The van der Waals surface area contributed by atoms with E-state index < -0.39 is 15.5 Å². The summed E-state index contributed by atoms with van der Waals surface area (Å²) in [6, 6.07) is 9.30. The van der Waals surface area contributed by atoms with Crippen molar-refractivity contribution in [1.29, 1.82) is 0 Å². The molecule has 2 aromatic rings. The van der Waals surface area contributed by atoms with E-state index in [4.69, 9.17) is 0 Å². The first-order valence-electron chi connectivity index (χ1n) is 7.35. The average Bonchev–Trinajstić information content (AvgIpc) is 2.33. The first-order valence-corrected chi connectivity index (χ1v) is 8.76. The van der Waals surface area contributed by atoms with Crippen LogP contribution in [0.4, 0.5) is 0 Å². The minimum Gasteiger partial charge on any atom is -0.744 e. The van der Waals surface area contributed by atoms with E-state index in [-0.39, 0.29) is 39.9 Å². The van der Waals surface area contributed by atoms with Crippen LogP contribution in [0.5, 0.6) is 0 Å². The zero-order chi connectivity index (χ0) is 16.9. The maximum Gasteiger partial charge on any atom is 1.00 e. The van der Waals surface area contributed by atoms with Gasteiger partial charge in [-0.1, -0.05) is 71.9 Å². The van der Waals surface area contributed by atoms with Crippen molar-refractivity contribution in [3.63, 3.8) is 0 Å². The van der Waals surface area contributed by atoms with E-state index in [9.17, 15) is 13.0 Å². The predicted molar refractivity (Wildman–Crippen MR) is 89.3 cm³/mol. The van der Waals surface area contributed by atoms with Gasteiger partial charge in [-0.25, -0.2) is 8.42 Å². The third-order valence-corrected chi connectivity index (χ3v) is 4.83. The second-order valence-electron chi connectivity index (χ2n) is 7.83. The molecule has 0 saturated carbocycles. The predicted octanol–water partition coefficient (Wildman–Crippen LogP) is 1.34. The summed E-state index contributed by atoms with van der Waals surface area (Å²) in [5, 5.41) is 1.30. The van der Waals surface area contributed by atoms with E-state index in [0.29, 0.717) is 10.9 Å². The van der Waals surface area contributed by atoms with Crippen molar-refractivity contribution in [2.75, 3.05) is 0 Å². The van der Waals surface area contributed by atoms with Crippen molar-refractivity contribution in [2.45, 2.75) is 57.3 Å². The normalized spacial score (nSPS) is 13.0. The molecule has 0 aliphatic heterocycles. The van der Waals surface area contributed by atoms with Gasteiger partial charge in [0, 0.05) is 0 Å². The minimum absolute atomic E-state index is 0. The Morgan fingerprint density at radius 1 is 0.870 bits per heavy atom. The van der Waals surface area contributed by atoms with Gasteiger partial charge in [-0.3, -0.25) is 0 Å². The van der Waals surface area contributed by atoms with Gasteiger partial charge in [0.2, 0.25) is 0 Å². The molecule has 0 spiro atoms. The van der Waals surface area contributed by atoms with Gasteiger partial charge in [-0.05, 0) is 32.7 Å². The number of hydrogen-bond donors (Lipinski definition) is 0. The van der Waals surface area contributed by atoms with Gasteiger partial charge in [0.1, 0.15) is 10.1 Å². The molecule has 2 aromatic carbocycles. The summed E-state index contributed by atoms with van der Waals surface area (Å²) >= 11 is 0. The Labute approximate surface area is 161 Å². The van der Waals surface area contributed by atoms with E-state index in [0.717, 1.165) is 10.9 Å². The molecule has 0 unspecified atom stereocenters. The standard InChI is InChI=1S/C18H24O3S.Na/c1-17(2,3)13-8-9-14-12(11-13)7-10-15(18(4,5)6)16(14)22(19,20)21;/h7-11H,1-6H3,(H,19,20,21);/q;+1/p-1. The van der Waals surface area contributed by atoms with Gasteiger partial charge >= 0.3 is 29.6 Å². The SMILES string of the molecule is CC(C)(C)c1ccc2c(S(=O)(=O)[O-])c(C(C)(C)C)ccc2c1.[Na+]. The molecule has 23 heavy (non-hydrogen) atoms. The third kappa shape index (κ3) is 4.37. The zero-order valence-corrected chi connectivity index (χ0v) is 17.8. The molecule has 0 aromatic heterocycles. The second-order valence-corrected chi connectivity index (χ2v) is 9.15. The van der Waals surface area contributed by atoms with Crippen molar-refractivity contribution in [1.82, 2.24) is 0 Å². The number of fused-ring (bicyclic) bond motifs is 1. The molecule has 5 heteroatoms. The monoisotopic (exact) mass is 342 g/mol. The summed E-state index contributed by atoms with van der Waals surface area (Å²) in [5.41, 5.74) is 1.23. The maximum absolute atomic E-state index is 11.8. The second kappa shape index (κ2) is 6.49. The Bertz CT molecular complexity index is 826. The van der Waals surface area contributed by atoms with Crippen molar-refractivity contribution in [3.05, 3.63) is 41.5 Å². The third-order valence-electron chi connectivity index (χ3n) is 3.89. The molecule has 0 bridgehead atoms. The summed E-state index contributed by atoms with van der Waals surface area (Å²) < 4.78 is 35.5. The number of rotatable bonds is 1. The van der Waals surface area contributed by atoms with Crippen LogP contribution >= 0.6 is 0 Å². The largest absolute Gasteiger partial charge is 1.00 e. The smallest absolute Gasteiger partial charge is 0.744 e. The van der Waals surface area contributed by atoms with Gasteiger partial charge in [0.15, 0.2) is 0 Å². The average molecular weight is 342 g/mol. The van der Waals surface area contributed by atoms with Crippen LogP contribution in [0.2, 0.25) is 0 Å². The summed E-state index contributed by atoms with van der Waals surface area (Å²) in [6.07, 6.45) is 0. The van der Waals surface area contributed by atoms with E-state index in [1.165, 1.54) is 0 Å². The molecule has 2 rings (SSSR count). The van der Waals surface area contributed by atoms with Crippen molar-refractivity contribution >= 4 is 20.9 Å². The molecule has 0 aliphatic carbocycles. The maximum atomic E-state index is 11.8. The van der Waals surface area contributed by atoms with Gasteiger partial charge in [0.25, 0.3) is 0 Å². The molecule has 0 N–H and O–H groups in total. The molecule has 3 nitrogen and oxygen atoms in total. The van der Waals surface area contributed by atoms with Crippen LogP contribution < -0.4 is 29.6 Å². The van der Waals surface area contributed by atoms with Crippen LogP contribution in [-0.4, -0.2) is 13.0 Å². The number of benzene rings is 2. The molecule has 0 heterocycles. The first-order chi connectivity index (χ1) is 9.82. The fourth-order valence-corrected chi connectivity index (χ4v) is 3.73. The van der Waals surface area contributed by atoms with Crippen LogP contribution in [0, 0.1) is 0 Å². The number of hydrogen-bond acceptors (Lipinski definition) is 3. The van der Waals surface area contributed by atoms with Gasteiger partial charge in [-0.15, -0.1) is 0 Å². The summed E-state index contributed by atoms with van der Waals surface area (Å²) in [5.74, 6) is 0. The Kier molecular flexibility index (Phi) is 5.83. The zero-order valence-electron chi connectivity index (χ0n) is 15.0. The minimum atomic E-state index is -4.54. The van der Waals surface area contributed by atoms with Crippen molar-refractivity contribution in [2.24, 2.45) is 0 Å². The summed E-state index contributed by atoms with van der Waals surface area (Å²) in [4.78, 5) is -0.0852. The molecule has 0 saturated heterocycles. The fourth-order valence-electron chi connectivity index (χ4n) is 2.63. The molecule has 0 amide bonds. The van der Waals surface area contributed by atoms with Crippen LogP contribution in [0.25, 0.3) is 10.8 Å². The Morgan fingerprint density at radius 2 is 1.43 bits per heavy atom. The van der Waals surface area contributed by atoms with Crippen LogP contribution in [0.15, 0.2) is 35.2 Å². The van der Waals surface area contributed by atoms with E-state index in [2.05, 4.69) is 20.8 Å². The van der Waals surface area contributed by atoms with E-state index in [1.807, 2.05) is 39.0 Å². The van der Waals surface area contributed by atoms with E-state index >= 15 is 0 Å². The molecular weight excluding hydrogens is 319 g/mol. The van der Waals surface area contributed by atoms with Gasteiger partial charge in [0.05, 0.1) is 4.90 Å². The molecule has 120 valence electrons. The Hall–Kier alpha value is -0.390. The van der Waals surface area contributed by atoms with Crippen molar-refractivity contribution < 1.29 is 42.5 Å². The molecule has 0 fully saturated rings. The van der Waals surface area contributed by atoms with Crippen molar-refractivity contribution in [3.8, 4) is 0 Å². The van der Waals surface area contributed by atoms with Gasteiger partial charge in [-0.2, -0.15) is 0 Å². The van der Waals surface area contributed by atoms with E-state index in [1.54, 1.807) is 12.1 Å². The summed E-state index contributed by atoms with van der Waals surface area (Å²) in [7, 11) is -4.54. The van der Waals surface area contributed by atoms with Crippen LogP contribution in [0.1, 0.15) is 52.7 Å². The quantitative estimate of drug-likeness (QED) is 0.580. The van der Waals surface area contributed by atoms with Gasteiger partial charge < -0.3 is 4.55 Å². The van der Waals surface area contributed by atoms with Crippen LogP contribution in [-0.2, 0) is 20.9 Å². The topological polar surface area (TPSA) is 57.2 Å². The molecule has 0 aliphatic rings. The first kappa shape index (κ1) is 20.7. The van der Waals surface area contributed by atoms with Crippen LogP contribution in [0.3, 0.4) is 0 Å². The Morgan fingerprint density at radius 3 is 1.87 bits per heavy atom. The summed E-state index contributed by atoms with van der Waals surface area (Å²) in [6.45, 7) is 12.0. The Balaban J connectivity index is 0.00000264. The fraction of sp³-hybridized carbons (Fsp3) is 0.444.